The number of aryl methyl sites for hydroxylation is 1. The lowest BCUT2D eigenvalue weighted by molar-refractivity contribution is -0.122. The molecule has 0 aliphatic carbocycles. The lowest BCUT2D eigenvalue weighted by atomic mass is 10.2. The Kier molecular flexibility index (Phi) is 5.36. The van der Waals surface area contributed by atoms with Crippen molar-refractivity contribution in [3.05, 3.63) is 59.7 Å². The molecule has 0 radical (unpaired) electrons. The number of nitrogens with one attached hydrogen (secondary N) is 1. The van der Waals surface area contributed by atoms with Crippen LogP contribution in [0.5, 0.6) is 5.75 Å². The number of carbonyl (C=O) groups is 2. The molecular weight excluding hydrogens is 294 g/mol. The molecule has 0 bridgehead atoms. The minimum absolute atomic E-state index is 0.267. The molecular formula is C18H19NO4. The quantitative estimate of drug-likeness (QED) is 0.861. The van der Waals surface area contributed by atoms with E-state index in [1.54, 1.807) is 31.2 Å². The summed E-state index contributed by atoms with van der Waals surface area (Å²) >= 11 is 0. The summed E-state index contributed by atoms with van der Waals surface area (Å²) in [5.41, 5.74) is 2.14. The second-order valence-electron chi connectivity index (χ2n) is 5.13. The summed E-state index contributed by atoms with van der Waals surface area (Å²) in [7, 11) is 1.32. The molecule has 1 amide bonds. The van der Waals surface area contributed by atoms with Crippen molar-refractivity contribution in [2.45, 2.75) is 20.0 Å². The van der Waals surface area contributed by atoms with Gasteiger partial charge >= 0.3 is 5.97 Å². The monoisotopic (exact) mass is 313 g/mol. The van der Waals surface area contributed by atoms with Crippen LogP contribution in [0.2, 0.25) is 0 Å². The van der Waals surface area contributed by atoms with Crippen molar-refractivity contribution in [2.24, 2.45) is 0 Å². The van der Waals surface area contributed by atoms with Gasteiger partial charge in [0.1, 0.15) is 5.75 Å². The molecule has 0 heterocycles. The van der Waals surface area contributed by atoms with Gasteiger partial charge in [-0.15, -0.1) is 0 Å². The second-order valence-corrected chi connectivity index (χ2v) is 5.13. The molecule has 0 aliphatic rings. The molecule has 0 saturated carbocycles. The van der Waals surface area contributed by atoms with E-state index >= 15 is 0 Å². The highest BCUT2D eigenvalue weighted by molar-refractivity contribution is 5.95. The third-order valence-corrected chi connectivity index (χ3v) is 3.28. The van der Waals surface area contributed by atoms with E-state index in [0.717, 1.165) is 5.56 Å². The first-order valence-electron chi connectivity index (χ1n) is 7.22. The van der Waals surface area contributed by atoms with E-state index in [2.05, 4.69) is 10.1 Å². The number of hydrogen-bond donors (Lipinski definition) is 1. The Balaban J connectivity index is 1.95. The zero-order valence-corrected chi connectivity index (χ0v) is 13.3. The fourth-order valence-corrected chi connectivity index (χ4v) is 1.93. The summed E-state index contributed by atoms with van der Waals surface area (Å²) in [4.78, 5) is 23.5. The fraction of sp³-hybridized carbons (Fsp3) is 0.222. The van der Waals surface area contributed by atoms with E-state index in [1.165, 1.54) is 7.11 Å². The fourth-order valence-electron chi connectivity index (χ4n) is 1.93. The molecule has 0 fully saturated rings. The van der Waals surface area contributed by atoms with Crippen LogP contribution >= 0.6 is 0 Å². The van der Waals surface area contributed by atoms with Crippen LogP contribution in [0.15, 0.2) is 48.5 Å². The minimum atomic E-state index is -0.641. The Morgan fingerprint density at radius 1 is 1.00 bits per heavy atom. The first kappa shape index (κ1) is 16.5. The van der Waals surface area contributed by atoms with E-state index in [-0.39, 0.29) is 5.91 Å². The third kappa shape index (κ3) is 4.57. The maximum Gasteiger partial charge on any atom is 0.337 e. The van der Waals surface area contributed by atoms with E-state index in [9.17, 15) is 9.59 Å². The molecule has 2 aromatic carbocycles. The number of methoxy groups -OCH3 is 1. The molecule has 5 nitrogen and oxygen atoms in total. The van der Waals surface area contributed by atoms with Crippen molar-refractivity contribution >= 4 is 17.6 Å². The van der Waals surface area contributed by atoms with Gasteiger partial charge in [0.05, 0.1) is 12.7 Å². The van der Waals surface area contributed by atoms with E-state index in [0.29, 0.717) is 17.0 Å². The van der Waals surface area contributed by atoms with Crippen molar-refractivity contribution in [1.29, 1.82) is 0 Å². The zero-order valence-electron chi connectivity index (χ0n) is 13.3. The normalized spacial score (nSPS) is 11.4. The van der Waals surface area contributed by atoms with Gasteiger partial charge in [0.25, 0.3) is 5.91 Å². The van der Waals surface area contributed by atoms with Gasteiger partial charge in [-0.05, 0) is 50.2 Å². The molecule has 2 aromatic rings. The standard InChI is InChI=1S/C18H19NO4/c1-12-4-10-16(11-5-12)23-13(2)17(20)19-15-8-6-14(7-9-15)18(21)22-3/h4-11,13H,1-3H3,(H,19,20)/t13-/m0/s1. The number of anilines is 1. The maximum absolute atomic E-state index is 12.1. The summed E-state index contributed by atoms with van der Waals surface area (Å²) in [5.74, 6) is -0.0466. The topological polar surface area (TPSA) is 64.6 Å². The van der Waals surface area contributed by atoms with Gasteiger partial charge in [-0.1, -0.05) is 17.7 Å². The van der Waals surface area contributed by atoms with Crippen LogP contribution in [-0.4, -0.2) is 25.1 Å². The molecule has 0 saturated heterocycles. The van der Waals surface area contributed by atoms with Gasteiger partial charge in [-0.3, -0.25) is 4.79 Å². The molecule has 0 aliphatic heterocycles. The number of rotatable bonds is 5. The number of esters is 1. The largest absolute Gasteiger partial charge is 0.481 e. The van der Waals surface area contributed by atoms with Gasteiger partial charge < -0.3 is 14.8 Å². The van der Waals surface area contributed by atoms with Crippen molar-refractivity contribution in [3.63, 3.8) is 0 Å². The second kappa shape index (κ2) is 7.45. The Hall–Kier alpha value is -2.82. The molecule has 2 rings (SSSR count). The molecule has 23 heavy (non-hydrogen) atoms. The van der Waals surface area contributed by atoms with Crippen molar-refractivity contribution in [3.8, 4) is 5.75 Å². The summed E-state index contributed by atoms with van der Waals surface area (Å²) in [6, 6.07) is 14.0. The highest BCUT2D eigenvalue weighted by atomic mass is 16.5. The lowest BCUT2D eigenvalue weighted by Crippen LogP contribution is -2.30. The predicted octanol–water partition coefficient (Wildman–Crippen LogP) is 3.19. The first-order valence-corrected chi connectivity index (χ1v) is 7.22. The maximum atomic E-state index is 12.1. The lowest BCUT2D eigenvalue weighted by Gasteiger charge is -2.15. The van der Waals surface area contributed by atoms with Crippen LogP contribution in [0, 0.1) is 6.92 Å². The van der Waals surface area contributed by atoms with Gasteiger partial charge in [-0.25, -0.2) is 4.79 Å². The van der Waals surface area contributed by atoms with Crippen LogP contribution in [0.4, 0.5) is 5.69 Å². The number of hydrogen-bond acceptors (Lipinski definition) is 4. The average molecular weight is 313 g/mol. The highest BCUT2D eigenvalue weighted by Crippen LogP contribution is 2.15. The van der Waals surface area contributed by atoms with Crippen molar-refractivity contribution < 1.29 is 19.1 Å². The number of benzene rings is 2. The summed E-state index contributed by atoms with van der Waals surface area (Å²) in [6.45, 7) is 3.66. The molecule has 1 atom stereocenters. The molecule has 0 unspecified atom stereocenters. The van der Waals surface area contributed by atoms with E-state index < -0.39 is 12.1 Å². The zero-order chi connectivity index (χ0) is 16.8. The summed E-state index contributed by atoms with van der Waals surface area (Å²) in [6.07, 6.45) is -0.641. The number of carbonyl (C=O) groups excluding carboxylic acids is 2. The molecule has 120 valence electrons. The number of ether oxygens (including phenoxy) is 2. The van der Waals surface area contributed by atoms with Crippen molar-refractivity contribution in [2.75, 3.05) is 12.4 Å². The predicted molar refractivity (Wildman–Crippen MR) is 87.7 cm³/mol. The minimum Gasteiger partial charge on any atom is -0.481 e. The SMILES string of the molecule is COC(=O)c1ccc(NC(=O)[C@H](C)Oc2ccc(C)cc2)cc1. The Morgan fingerprint density at radius 2 is 1.61 bits per heavy atom. The summed E-state index contributed by atoms with van der Waals surface area (Å²) < 4.78 is 10.2. The van der Waals surface area contributed by atoms with Gasteiger partial charge in [-0.2, -0.15) is 0 Å². The smallest absolute Gasteiger partial charge is 0.337 e. The summed E-state index contributed by atoms with van der Waals surface area (Å²) in [5, 5.41) is 2.74. The van der Waals surface area contributed by atoms with Gasteiger partial charge in [0.2, 0.25) is 0 Å². The van der Waals surface area contributed by atoms with E-state index in [1.807, 2.05) is 31.2 Å². The first-order chi connectivity index (χ1) is 11.0. The van der Waals surface area contributed by atoms with Crippen molar-refractivity contribution in [1.82, 2.24) is 0 Å². The Morgan fingerprint density at radius 3 is 2.17 bits per heavy atom. The van der Waals surface area contributed by atoms with Crippen LogP contribution in [-0.2, 0) is 9.53 Å². The van der Waals surface area contributed by atoms with Crippen LogP contribution in [0.3, 0.4) is 0 Å². The van der Waals surface area contributed by atoms with Crippen LogP contribution in [0.1, 0.15) is 22.8 Å². The van der Waals surface area contributed by atoms with Crippen LogP contribution in [0.25, 0.3) is 0 Å². The third-order valence-electron chi connectivity index (χ3n) is 3.28. The Bertz CT molecular complexity index is 677. The molecule has 0 spiro atoms. The van der Waals surface area contributed by atoms with Crippen LogP contribution < -0.4 is 10.1 Å². The Labute approximate surface area is 135 Å². The highest BCUT2D eigenvalue weighted by Gasteiger charge is 2.15. The van der Waals surface area contributed by atoms with Gasteiger partial charge in [0.15, 0.2) is 6.10 Å². The van der Waals surface area contributed by atoms with E-state index in [4.69, 9.17) is 4.74 Å². The number of amides is 1. The van der Waals surface area contributed by atoms with Gasteiger partial charge in [0, 0.05) is 5.69 Å². The molecule has 5 heteroatoms. The average Bonchev–Trinajstić information content (AvgIpc) is 2.56. The molecule has 0 aromatic heterocycles. The molecule has 1 N–H and O–H groups in total.